The van der Waals surface area contributed by atoms with Crippen LogP contribution in [0.5, 0.6) is 0 Å². The molecule has 30 heavy (non-hydrogen) atoms. The third-order valence-electron chi connectivity index (χ3n) is 6.28. The van der Waals surface area contributed by atoms with Crippen molar-refractivity contribution >= 4 is 17.9 Å². The Morgan fingerprint density at radius 3 is 2.30 bits per heavy atom. The molecule has 172 valence electrons. The Kier molecular flexibility index (Phi) is 6.65. The molecular formula is C22H36O8. The molecule has 8 heteroatoms. The molecule has 1 aliphatic heterocycles. The van der Waals surface area contributed by atoms with E-state index in [0.717, 1.165) is 0 Å². The number of esters is 3. The largest absolute Gasteiger partial charge is 0.458 e. The fourth-order valence-electron chi connectivity index (χ4n) is 3.68. The molecule has 0 aromatic rings. The van der Waals surface area contributed by atoms with Crippen LogP contribution >= 0.6 is 0 Å². The summed E-state index contributed by atoms with van der Waals surface area (Å²) in [6, 6.07) is 0. The van der Waals surface area contributed by atoms with Crippen LogP contribution in [0.15, 0.2) is 0 Å². The summed E-state index contributed by atoms with van der Waals surface area (Å²) in [6.45, 7) is 11.5. The zero-order valence-corrected chi connectivity index (χ0v) is 19.1. The molecule has 4 unspecified atom stereocenters. The van der Waals surface area contributed by atoms with Crippen molar-refractivity contribution in [1.82, 2.24) is 0 Å². The molecule has 1 heterocycles. The Balaban J connectivity index is 2.13. The molecule has 4 atom stereocenters. The Hall–Kier alpha value is -1.67. The number of rotatable bonds is 8. The maximum atomic E-state index is 13.0. The van der Waals surface area contributed by atoms with Gasteiger partial charge in [0, 0.05) is 12.8 Å². The van der Waals surface area contributed by atoms with Gasteiger partial charge in [0.05, 0.1) is 16.6 Å². The summed E-state index contributed by atoms with van der Waals surface area (Å²) in [5, 5.41) is 20.5. The molecule has 0 amide bonds. The highest BCUT2D eigenvalue weighted by atomic mass is 16.6. The van der Waals surface area contributed by atoms with Crippen molar-refractivity contribution in [2.45, 2.75) is 110 Å². The van der Waals surface area contributed by atoms with Crippen molar-refractivity contribution in [3.8, 4) is 0 Å². The number of carbonyl (C=O) groups is 3. The molecule has 8 nitrogen and oxygen atoms in total. The highest BCUT2D eigenvalue weighted by Crippen LogP contribution is 2.47. The summed E-state index contributed by atoms with van der Waals surface area (Å²) in [7, 11) is 0. The third-order valence-corrected chi connectivity index (χ3v) is 6.28. The SMILES string of the molecule is CCC(C)(C)C(=O)OC1CCC2(C(=O)OC(CC(C)(C)O)C(C)(C)O)CC1OC2=O. The van der Waals surface area contributed by atoms with Gasteiger partial charge in [-0.3, -0.25) is 14.4 Å². The van der Waals surface area contributed by atoms with E-state index in [0.29, 0.717) is 12.8 Å². The first-order valence-electron chi connectivity index (χ1n) is 10.6. The number of carbonyl (C=O) groups excluding carboxylic acids is 3. The standard InChI is InChI=1S/C22H36O8/c1-8-19(2,3)16(23)28-13-9-10-22(11-14(13)29-17(22)24)18(25)30-15(21(6,7)27)12-20(4,5)26/h13-15,26-27H,8-12H2,1-7H3. The molecule has 0 aromatic carbocycles. The number of aliphatic hydroxyl groups is 2. The van der Waals surface area contributed by atoms with Gasteiger partial charge in [0.15, 0.2) is 5.41 Å². The van der Waals surface area contributed by atoms with Gasteiger partial charge in [-0.05, 0) is 60.8 Å². The fraction of sp³-hybridized carbons (Fsp3) is 0.864. The predicted molar refractivity (Wildman–Crippen MR) is 107 cm³/mol. The zero-order chi connectivity index (χ0) is 23.1. The van der Waals surface area contributed by atoms with E-state index in [1.165, 1.54) is 13.8 Å². The third kappa shape index (κ3) is 5.14. The maximum Gasteiger partial charge on any atom is 0.324 e. The molecule has 0 spiro atoms. The van der Waals surface area contributed by atoms with Gasteiger partial charge in [-0.25, -0.2) is 0 Å². The zero-order valence-electron chi connectivity index (χ0n) is 19.1. The second-order valence-electron chi connectivity index (χ2n) is 10.5. The van der Waals surface area contributed by atoms with Crippen LogP contribution in [0.4, 0.5) is 0 Å². The molecule has 0 aromatic heterocycles. The molecule has 2 aliphatic rings. The van der Waals surface area contributed by atoms with E-state index < -0.39 is 52.3 Å². The van der Waals surface area contributed by atoms with Crippen LogP contribution in [0.2, 0.25) is 0 Å². The van der Waals surface area contributed by atoms with E-state index in [9.17, 15) is 24.6 Å². The number of ether oxygens (including phenoxy) is 3. The van der Waals surface area contributed by atoms with Gasteiger partial charge in [-0.2, -0.15) is 0 Å². The van der Waals surface area contributed by atoms with Crippen LogP contribution in [0.3, 0.4) is 0 Å². The first-order chi connectivity index (χ1) is 13.5. The van der Waals surface area contributed by atoms with E-state index in [1.807, 2.05) is 6.92 Å². The second kappa shape index (κ2) is 8.11. The normalized spacial score (nSPS) is 28.0. The maximum absolute atomic E-state index is 13.0. The van der Waals surface area contributed by atoms with E-state index in [1.54, 1.807) is 27.7 Å². The van der Waals surface area contributed by atoms with E-state index >= 15 is 0 Å². The van der Waals surface area contributed by atoms with Crippen LogP contribution in [0.25, 0.3) is 0 Å². The molecule has 1 saturated heterocycles. The average molecular weight is 429 g/mol. The number of hydrogen-bond donors (Lipinski definition) is 2. The summed E-state index contributed by atoms with van der Waals surface area (Å²) in [5.74, 6) is -1.83. The fourth-order valence-corrected chi connectivity index (χ4v) is 3.68. The summed E-state index contributed by atoms with van der Waals surface area (Å²) in [4.78, 5) is 38.1. The van der Waals surface area contributed by atoms with E-state index in [4.69, 9.17) is 14.2 Å². The smallest absolute Gasteiger partial charge is 0.324 e. The lowest BCUT2D eigenvalue weighted by Gasteiger charge is -2.37. The topological polar surface area (TPSA) is 119 Å². The van der Waals surface area contributed by atoms with Crippen LogP contribution < -0.4 is 0 Å². The van der Waals surface area contributed by atoms with Crippen LogP contribution in [-0.4, -0.2) is 57.6 Å². The summed E-state index contributed by atoms with van der Waals surface area (Å²) in [6.07, 6.45) is -1.20. The Morgan fingerprint density at radius 1 is 1.20 bits per heavy atom. The van der Waals surface area contributed by atoms with Gasteiger partial charge >= 0.3 is 17.9 Å². The van der Waals surface area contributed by atoms with Crippen LogP contribution in [0.1, 0.15) is 80.6 Å². The first kappa shape index (κ1) is 24.6. The molecule has 1 saturated carbocycles. The predicted octanol–water partition coefficient (Wildman–Crippen LogP) is 2.27. The molecular weight excluding hydrogens is 392 g/mol. The van der Waals surface area contributed by atoms with Crippen LogP contribution in [0, 0.1) is 10.8 Å². The first-order valence-corrected chi connectivity index (χ1v) is 10.6. The Labute approximate surface area is 178 Å². The second-order valence-corrected chi connectivity index (χ2v) is 10.5. The lowest BCUT2D eigenvalue weighted by molar-refractivity contribution is -0.183. The minimum Gasteiger partial charge on any atom is -0.458 e. The quantitative estimate of drug-likeness (QED) is 0.343. The lowest BCUT2D eigenvalue weighted by Crippen LogP contribution is -2.49. The highest BCUT2D eigenvalue weighted by Gasteiger charge is 2.62. The molecule has 2 fully saturated rings. The van der Waals surface area contributed by atoms with Gasteiger partial charge in [0.25, 0.3) is 0 Å². The van der Waals surface area contributed by atoms with Gasteiger partial charge < -0.3 is 24.4 Å². The summed E-state index contributed by atoms with van der Waals surface area (Å²) in [5.41, 5.74) is -4.71. The molecule has 0 radical (unpaired) electrons. The van der Waals surface area contributed by atoms with Crippen molar-refractivity contribution in [3.63, 3.8) is 0 Å². The Bertz CT molecular complexity index is 684. The summed E-state index contributed by atoms with van der Waals surface area (Å²) < 4.78 is 16.6. The molecule has 1 aliphatic carbocycles. The minimum absolute atomic E-state index is 0.00311. The van der Waals surface area contributed by atoms with Gasteiger partial charge in [-0.15, -0.1) is 0 Å². The lowest BCUT2D eigenvalue weighted by atomic mass is 9.74. The molecule has 2 rings (SSSR count). The highest BCUT2D eigenvalue weighted by molar-refractivity contribution is 6.01. The van der Waals surface area contributed by atoms with Crippen molar-refractivity contribution < 1.29 is 38.8 Å². The number of hydrogen-bond acceptors (Lipinski definition) is 8. The van der Waals surface area contributed by atoms with Gasteiger partial charge in [0.2, 0.25) is 0 Å². The Morgan fingerprint density at radius 2 is 1.80 bits per heavy atom. The van der Waals surface area contributed by atoms with Gasteiger partial charge in [0.1, 0.15) is 18.3 Å². The van der Waals surface area contributed by atoms with E-state index in [2.05, 4.69) is 0 Å². The minimum atomic E-state index is -1.48. The van der Waals surface area contributed by atoms with Crippen molar-refractivity contribution in [2.75, 3.05) is 0 Å². The van der Waals surface area contributed by atoms with E-state index in [-0.39, 0.29) is 25.2 Å². The summed E-state index contributed by atoms with van der Waals surface area (Å²) >= 11 is 0. The van der Waals surface area contributed by atoms with Crippen molar-refractivity contribution in [3.05, 3.63) is 0 Å². The molecule has 2 N–H and O–H groups in total. The van der Waals surface area contributed by atoms with Crippen molar-refractivity contribution in [2.24, 2.45) is 10.8 Å². The monoisotopic (exact) mass is 428 g/mol. The van der Waals surface area contributed by atoms with Crippen molar-refractivity contribution in [1.29, 1.82) is 0 Å². The van der Waals surface area contributed by atoms with Gasteiger partial charge in [-0.1, -0.05) is 6.92 Å². The number of fused-ring (bicyclic) bond motifs is 2. The van der Waals surface area contributed by atoms with Crippen LogP contribution in [-0.2, 0) is 28.6 Å². The molecule has 2 bridgehead atoms. The average Bonchev–Trinajstić information content (AvgIpc) is 2.87.